The van der Waals surface area contributed by atoms with Crippen molar-refractivity contribution in [2.75, 3.05) is 0 Å². The molecule has 18 heavy (non-hydrogen) atoms. The molecule has 1 saturated carbocycles. The first-order valence-corrected chi connectivity index (χ1v) is 6.14. The highest BCUT2D eigenvalue weighted by Crippen LogP contribution is 2.24. The van der Waals surface area contributed by atoms with Gasteiger partial charge in [0.25, 0.3) is 11.6 Å². The second-order valence-corrected chi connectivity index (χ2v) is 4.68. The highest BCUT2D eigenvalue weighted by Gasteiger charge is 2.25. The molecule has 1 aliphatic rings. The van der Waals surface area contributed by atoms with Crippen LogP contribution in [0.3, 0.4) is 0 Å². The molecule has 0 aliphatic heterocycles. The van der Waals surface area contributed by atoms with Crippen LogP contribution >= 0.6 is 0 Å². The van der Waals surface area contributed by atoms with Crippen LogP contribution in [0.1, 0.15) is 41.6 Å². The Bertz CT molecular complexity index is 479. The third-order valence-electron chi connectivity index (χ3n) is 3.36. The molecular weight excluding hydrogens is 232 g/mol. The van der Waals surface area contributed by atoms with Gasteiger partial charge in [-0.2, -0.15) is 0 Å². The van der Waals surface area contributed by atoms with Gasteiger partial charge in [0.2, 0.25) is 0 Å². The van der Waals surface area contributed by atoms with Crippen LogP contribution in [0.4, 0.5) is 5.69 Å². The minimum absolute atomic E-state index is 0.0898. The van der Waals surface area contributed by atoms with Gasteiger partial charge in [-0.25, -0.2) is 0 Å². The number of amides is 1. The first-order valence-electron chi connectivity index (χ1n) is 6.14. The molecule has 0 saturated heterocycles. The molecule has 5 heteroatoms. The van der Waals surface area contributed by atoms with E-state index in [9.17, 15) is 14.9 Å². The normalized spacial score (nSPS) is 15.6. The van der Waals surface area contributed by atoms with Crippen molar-refractivity contribution in [1.82, 2.24) is 5.32 Å². The second kappa shape index (κ2) is 5.16. The zero-order chi connectivity index (χ0) is 13.1. The standard InChI is InChI=1S/C13H16N2O3/c1-9-5-4-8-11(12(9)15(17)18)13(16)14-10-6-2-3-7-10/h4-5,8,10H,2-3,6-7H2,1H3,(H,14,16). The maximum Gasteiger partial charge on any atom is 0.285 e. The first-order chi connectivity index (χ1) is 8.59. The number of hydrogen-bond donors (Lipinski definition) is 1. The van der Waals surface area contributed by atoms with Crippen molar-refractivity contribution in [1.29, 1.82) is 0 Å². The van der Waals surface area contributed by atoms with Crippen LogP contribution in [-0.4, -0.2) is 16.9 Å². The molecule has 1 N–H and O–H groups in total. The van der Waals surface area contributed by atoms with Gasteiger partial charge in [-0.1, -0.05) is 25.0 Å². The Balaban J connectivity index is 2.24. The van der Waals surface area contributed by atoms with Crippen LogP contribution in [0.25, 0.3) is 0 Å². The third kappa shape index (κ3) is 2.50. The fourth-order valence-corrected chi connectivity index (χ4v) is 2.42. The zero-order valence-corrected chi connectivity index (χ0v) is 10.3. The molecule has 1 aliphatic carbocycles. The summed E-state index contributed by atoms with van der Waals surface area (Å²) in [4.78, 5) is 22.6. The molecular formula is C13H16N2O3. The number of nitro groups is 1. The molecule has 5 nitrogen and oxygen atoms in total. The van der Waals surface area contributed by atoms with Crippen LogP contribution in [-0.2, 0) is 0 Å². The number of nitrogens with zero attached hydrogens (tertiary/aromatic N) is 1. The molecule has 0 bridgehead atoms. The Kier molecular flexibility index (Phi) is 3.60. The van der Waals surface area contributed by atoms with Crippen LogP contribution < -0.4 is 5.32 Å². The lowest BCUT2D eigenvalue weighted by atomic mass is 10.1. The highest BCUT2D eigenvalue weighted by molar-refractivity contribution is 5.98. The van der Waals surface area contributed by atoms with Gasteiger partial charge in [-0.15, -0.1) is 0 Å². The van der Waals surface area contributed by atoms with E-state index in [0.717, 1.165) is 25.7 Å². The summed E-state index contributed by atoms with van der Waals surface area (Å²) in [5.41, 5.74) is 0.582. The number of benzene rings is 1. The van der Waals surface area contributed by atoms with E-state index >= 15 is 0 Å². The molecule has 1 amide bonds. The quantitative estimate of drug-likeness (QED) is 0.660. The molecule has 1 fully saturated rings. The number of para-hydroxylation sites is 1. The molecule has 1 aromatic carbocycles. The fourth-order valence-electron chi connectivity index (χ4n) is 2.42. The number of rotatable bonds is 3. The SMILES string of the molecule is Cc1cccc(C(=O)NC2CCCC2)c1[N+](=O)[O-]. The number of hydrogen-bond acceptors (Lipinski definition) is 3. The summed E-state index contributed by atoms with van der Waals surface area (Å²) in [6.45, 7) is 1.64. The van der Waals surface area contributed by atoms with Gasteiger partial charge < -0.3 is 5.32 Å². The fraction of sp³-hybridized carbons (Fsp3) is 0.462. The Morgan fingerprint density at radius 3 is 2.67 bits per heavy atom. The smallest absolute Gasteiger partial charge is 0.285 e. The predicted molar refractivity (Wildman–Crippen MR) is 67.6 cm³/mol. The summed E-state index contributed by atoms with van der Waals surface area (Å²) in [5.74, 6) is -0.336. The lowest BCUT2D eigenvalue weighted by Gasteiger charge is -2.12. The Morgan fingerprint density at radius 1 is 1.39 bits per heavy atom. The highest BCUT2D eigenvalue weighted by atomic mass is 16.6. The lowest BCUT2D eigenvalue weighted by molar-refractivity contribution is -0.385. The molecule has 1 aromatic rings. The molecule has 2 rings (SSSR count). The van der Waals surface area contributed by atoms with Gasteiger partial charge in [0.1, 0.15) is 5.56 Å². The average Bonchev–Trinajstić information content (AvgIpc) is 2.80. The van der Waals surface area contributed by atoms with E-state index in [1.165, 1.54) is 6.07 Å². The van der Waals surface area contributed by atoms with Crippen molar-refractivity contribution in [2.24, 2.45) is 0 Å². The monoisotopic (exact) mass is 248 g/mol. The maximum atomic E-state index is 12.1. The van der Waals surface area contributed by atoms with Gasteiger partial charge in [-0.3, -0.25) is 14.9 Å². The van der Waals surface area contributed by atoms with Crippen molar-refractivity contribution in [3.63, 3.8) is 0 Å². The Morgan fingerprint density at radius 2 is 2.06 bits per heavy atom. The second-order valence-electron chi connectivity index (χ2n) is 4.68. The van der Waals surface area contributed by atoms with E-state index in [2.05, 4.69) is 5.32 Å². The minimum Gasteiger partial charge on any atom is -0.349 e. The topological polar surface area (TPSA) is 72.2 Å². The van der Waals surface area contributed by atoms with Gasteiger partial charge in [0.05, 0.1) is 4.92 Å². The van der Waals surface area contributed by atoms with Crippen LogP contribution in [0, 0.1) is 17.0 Å². The predicted octanol–water partition coefficient (Wildman–Crippen LogP) is 2.58. The summed E-state index contributed by atoms with van der Waals surface area (Å²) in [7, 11) is 0. The molecule has 0 heterocycles. The van der Waals surface area contributed by atoms with Gasteiger partial charge in [-0.05, 0) is 25.8 Å². The van der Waals surface area contributed by atoms with Crippen LogP contribution in [0.2, 0.25) is 0 Å². The van der Waals surface area contributed by atoms with E-state index < -0.39 is 4.92 Å². The van der Waals surface area contributed by atoms with E-state index in [-0.39, 0.29) is 23.2 Å². The largest absolute Gasteiger partial charge is 0.349 e. The van der Waals surface area contributed by atoms with E-state index in [1.807, 2.05) is 0 Å². The van der Waals surface area contributed by atoms with Crippen LogP contribution in [0.15, 0.2) is 18.2 Å². The number of nitrogens with one attached hydrogen (secondary N) is 1. The Hall–Kier alpha value is -1.91. The van der Waals surface area contributed by atoms with Crippen molar-refractivity contribution in [3.05, 3.63) is 39.4 Å². The number of carbonyl (C=O) groups is 1. The molecule has 0 aromatic heterocycles. The molecule has 0 atom stereocenters. The average molecular weight is 248 g/mol. The van der Waals surface area contributed by atoms with Crippen molar-refractivity contribution in [2.45, 2.75) is 38.6 Å². The third-order valence-corrected chi connectivity index (χ3v) is 3.36. The summed E-state index contributed by atoms with van der Waals surface area (Å²) in [5, 5.41) is 13.9. The number of carbonyl (C=O) groups excluding carboxylic acids is 1. The number of aryl methyl sites for hydroxylation is 1. The minimum atomic E-state index is -0.487. The summed E-state index contributed by atoms with van der Waals surface area (Å²) in [6, 6.07) is 4.99. The van der Waals surface area contributed by atoms with E-state index in [1.54, 1.807) is 19.1 Å². The summed E-state index contributed by atoms with van der Waals surface area (Å²) >= 11 is 0. The lowest BCUT2D eigenvalue weighted by Crippen LogP contribution is -2.33. The number of nitro benzene ring substituents is 1. The zero-order valence-electron chi connectivity index (χ0n) is 10.3. The molecule has 0 radical (unpaired) electrons. The Labute approximate surface area is 105 Å². The van der Waals surface area contributed by atoms with Crippen molar-refractivity contribution >= 4 is 11.6 Å². The molecule has 0 spiro atoms. The van der Waals surface area contributed by atoms with Crippen molar-refractivity contribution < 1.29 is 9.72 Å². The van der Waals surface area contributed by atoms with Gasteiger partial charge >= 0.3 is 0 Å². The van der Waals surface area contributed by atoms with Crippen molar-refractivity contribution in [3.8, 4) is 0 Å². The molecule has 0 unspecified atom stereocenters. The van der Waals surface area contributed by atoms with Crippen LogP contribution in [0.5, 0.6) is 0 Å². The molecule has 96 valence electrons. The summed E-state index contributed by atoms with van der Waals surface area (Å²) < 4.78 is 0. The van der Waals surface area contributed by atoms with E-state index in [4.69, 9.17) is 0 Å². The van der Waals surface area contributed by atoms with Gasteiger partial charge in [0.15, 0.2) is 0 Å². The first kappa shape index (κ1) is 12.5. The maximum absolute atomic E-state index is 12.1. The van der Waals surface area contributed by atoms with E-state index in [0.29, 0.717) is 5.56 Å². The van der Waals surface area contributed by atoms with Gasteiger partial charge in [0, 0.05) is 11.6 Å². The summed E-state index contributed by atoms with van der Waals surface area (Å²) in [6.07, 6.45) is 4.15.